The minimum atomic E-state index is 0.131. The molecule has 0 radical (unpaired) electrons. The number of piperazine rings is 1. The predicted molar refractivity (Wildman–Crippen MR) is 134 cm³/mol. The molecule has 0 unspecified atom stereocenters. The molecular formula is C27H37N3O2S. The third kappa shape index (κ3) is 5.49. The maximum absolute atomic E-state index is 13.3. The standard InChI is InChI=1S/C27H37N3O2S/c1-3-5-9-21(4-2)27(32)29-17-15-28(16-18-29)25(31)20-30-14-12-24-23(13-19-33-24)26(30)22-10-7-6-8-11-22/h6-8,10-11,13,19,21,26H,3-5,9,12,14-18,20H2,1-2H3/t21-,26-/m1/s1. The van der Waals surface area contributed by atoms with Gasteiger partial charge in [-0.2, -0.15) is 0 Å². The van der Waals surface area contributed by atoms with Gasteiger partial charge in [0.2, 0.25) is 11.8 Å². The summed E-state index contributed by atoms with van der Waals surface area (Å²) in [7, 11) is 0. The second kappa shape index (κ2) is 11.3. The summed E-state index contributed by atoms with van der Waals surface area (Å²) in [5.41, 5.74) is 2.59. The molecule has 2 amide bonds. The first-order chi connectivity index (χ1) is 16.1. The number of nitrogens with zero attached hydrogens (tertiary/aromatic N) is 3. The van der Waals surface area contributed by atoms with Crippen molar-refractivity contribution in [2.24, 2.45) is 5.92 Å². The Bertz CT molecular complexity index is 920. The van der Waals surface area contributed by atoms with Crippen LogP contribution in [0, 0.1) is 5.92 Å². The van der Waals surface area contributed by atoms with Crippen molar-refractivity contribution in [2.75, 3.05) is 39.3 Å². The summed E-state index contributed by atoms with van der Waals surface area (Å²) in [5, 5.41) is 2.17. The molecule has 178 valence electrons. The van der Waals surface area contributed by atoms with Crippen molar-refractivity contribution < 1.29 is 9.59 Å². The van der Waals surface area contributed by atoms with Crippen molar-refractivity contribution in [3.8, 4) is 0 Å². The van der Waals surface area contributed by atoms with Gasteiger partial charge in [0.1, 0.15) is 0 Å². The van der Waals surface area contributed by atoms with Gasteiger partial charge in [0, 0.05) is 43.5 Å². The van der Waals surface area contributed by atoms with Crippen LogP contribution in [0.4, 0.5) is 0 Å². The van der Waals surface area contributed by atoms with Crippen LogP contribution in [0.1, 0.15) is 61.6 Å². The van der Waals surface area contributed by atoms with E-state index >= 15 is 0 Å². The maximum Gasteiger partial charge on any atom is 0.236 e. The van der Waals surface area contributed by atoms with E-state index in [1.54, 1.807) is 0 Å². The lowest BCUT2D eigenvalue weighted by atomic mass is 9.93. The van der Waals surface area contributed by atoms with E-state index in [1.165, 1.54) is 16.0 Å². The van der Waals surface area contributed by atoms with E-state index in [-0.39, 0.29) is 23.8 Å². The van der Waals surface area contributed by atoms with E-state index in [0.29, 0.717) is 32.7 Å². The van der Waals surface area contributed by atoms with Crippen LogP contribution in [-0.2, 0) is 16.0 Å². The van der Waals surface area contributed by atoms with Gasteiger partial charge in [0.25, 0.3) is 0 Å². The Hall–Kier alpha value is -2.18. The van der Waals surface area contributed by atoms with Gasteiger partial charge < -0.3 is 9.80 Å². The topological polar surface area (TPSA) is 43.9 Å². The first kappa shape index (κ1) is 24.0. The second-order valence-corrected chi connectivity index (χ2v) is 10.3. The van der Waals surface area contributed by atoms with Crippen molar-refractivity contribution in [3.05, 3.63) is 57.8 Å². The molecule has 0 spiro atoms. The van der Waals surface area contributed by atoms with Crippen LogP contribution in [0.15, 0.2) is 41.8 Å². The Labute approximate surface area is 202 Å². The number of hydrogen-bond donors (Lipinski definition) is 0. The Morgan fingerprint density at radius 1 is 1.00 bits per heavy atom. The molecule has 0 N–H and O–H groups in total. The highest BCUT2D eigenvalue weighted by atomic mass is 32.1. The molecule has 0 aliphatic carbocycles. The van der Waals surface area contributed by atoms with Gasteiger partial charge in [-0.3, -0.25) is 14.5 Å². The number of carbonyl (C=O) groups is 2. The number of carbonyl (C=O) groups excluding carboxylic acids is 2. The molecule has 6 heteroatoms. The summed E-state index contributed by atoms with van der Waals surface area (Å²) in [4.78, 5) is 33.9. The molecule has 1 aromatic carbocycles. The normalized spacial score (nSPS) is 19.9. The highest BCUT2D eigenvalue weighted by Crippen LogP contribution is 2.37. The van der Waals surface area contributed by atoms with E-state index in [1.807, 2.05) is 27.2 Å². The summed E-state index contributed by atoms with van der Waals surface area (Å²) >= 11 is 1.83. The third-order valence-electron chi connectivity index (χ3n) is 7.21. The van der Waals surface area contributed by atoms with E-state index in [2.05, 4.69) is 54.5 Å². The third-order valence-corrected chi connectivity index (χ3v) is 8.21. The molecule has 1 fully saturated rings. The fraction of sp³-hybridized carbons (Fsp3) is 0.556. The highest BCUT2D eigenvalue weighted by molar-refractivity contribution is 7.10. The molecule has 1 saturated heterocycles. The molecule has 33 heavy (non-hydrogen) atoms. The molecule has 5 nitrogen and oxygen atoms in total. The van der Waals surface area contributed by atoms with Crippen molar-refractivity contribution >= 4 is 23.2 Å². The van der Waals surface area contributed by atoms with Crippen LogP contribution in [0.2, 0.25) is 0 Å². The number of fused-ring (bicyclic) bond motifs is 1. The molecule has 2 aliphatic rings. The van der Waals surface area contributed by atoms with Crippen LogP contribution in [0.5, 0.6) is 0 Å². The monoisotopic (exact) mass is 467 g/mol. The smallest absolute Gasteiger partial charge is 0.236 e. The fourth-order valence-corrected chi connectivity index (χ4v) is 6.13. The molecule has 1 aromatic heterocycles. The Balaban J connectivity index is 1.37. The van der Waals surface area contributed by atoms with Crippen LogP contribution in [0.25, 0.3) is 0 Å². The molecule has 4 rings (SSSR count). The SMILES string of the molecule is CCCC[C@@H](CC)C(=O)N1CCN(C(=O)CN2CCc3sccc3[C@H]2c2ccccc2)CC1. The Morgan fingerprint density at radius 2 is 1.73 bits per heavy atom. The van der Waals surface area contributed by atoms with Crippen molar-refractivity contribution in [1.29, 1.82) is 0 Å². The van der Waals surface area contributed by atoms with E-state index in [4.69, 9.17) is 0 Å². The largest absolute Gasteiger partial charge is 0.339 e. The molecular weight excluding hydrogens is 430 g/mol. The van der Waals surface area contributed by atoms with E-state index in [9.17, 15) is 9.59 Å². The summed E-state index contributed by atoms with van der Waals surface area (Å²) in [5.74, 6) is 0.593. The van der Waals surface area contributed by atoms with Gasteiger partial charge in [0.05, 0.1) is 12.6 Å². The zero-order valence-corrected chi connectivity index (χ0v) is 20.9. The number of thiophene rings is 1. The van der Waals surface area contributed by atoms with E-state index < -0.39 is 0 Å². The molecule has 2 aromatic rings. The van der Waals surface area contributed by atoms with Gasteiger partial charge in [-0.1, -0.05) is 57.0 Å². The van der Waals surface area contributed by atoms with Crippen molar-refractivity contribution in [3.63, 3.8) is 0 Å². The average Bonchev–Trinajstić information content (AvgIpc) is 3.33. The average molecular weight is 468 g/mol. The number of unbranched alkanes of at least 4 members (excludes halogenated alkanes) is 1. The summed E-state index contributed by atoms with van der Waals surface area (Å²) in [6, 6.07) is 12.9. The number of hydrogen-bond acceptors (Lipinski definition) is 4. The van der Waals surface area contributed by atoms with Gasteiger partial charge in [-0.05, 0) is 41.8 Å². The first-order valence-corrected chi connectivity index (χ1v) is 13.4. The summed E-state index contributed by atoms with van der Waals surface area (Å²) < 4.78 is 0. The first-order valence-electron chi connectivity index (χ1n) is 12.5. The number of rotatable bonds is 8. The van der Waals surface area contributed by atoms with Crippen LogP contribution >= 0.6 is 11.3 Å². The zero-order valence-electron chi connectivity index (χ0n) is 20.0. The van der Waals surface area contributed by atoms with E-state index in [0.717, 1.165) is 38.6 Å². The minimum Gasteiger partial charge on any atom is -0.339 e. The molecule has 3 heterocycles. The number of amides is 2. The van der Waals surface area contributed by atoms with Gasteiger partial charge in [0.15, 0.2) is 0 Å². The quantitative estimate of drug-likeness (QED) is 0.571. The second-order valence-electron chi connectivity index (χ2n) is 9.29. The van der Waals surface area contributed by atoms with Gasteiger partial charge >= 0.3 is 0 Å². The molecule has 2 atom stereocenters. The van der Waals surface area contributed by atoms with Crippen molar-refractivity contribution in [2.45, 2.75) is 52.0 Å². The Morgan fingerprint density at radius 3 is 2.42 bits per heavy atom. The highest BCUT2D eigenvalue weighted by Gasteiger charge is 2.33. The van der Waals surface area contributed by atoms with Crippen molar-refractivity contribution in [1.82, 2.24) is 14.7 Å². The zero-order chi connectivity index (χ0) is 23.2. The number of benzene rings is 1. The lowest BCUT2D eigenvalue weighted by Crippen LogP contribution is -2.54. The Kier molecular flexibility index (Phi) is 8.20. The predicted octanol–water partition coefficient (Wildman–Crippen LogP) is 4.58. The van der Waals surface area contributed by atoms with Gasteiger partial charge in [-0.25, -0.2) is 0 Å². The maximum atomic E-state index is 13.3. The molecule has 0 saturated carbocycles. The van der Waals surface area contributed by atoms with Crippen LogP contribution in [-0.4, -0.2) is 65.8 Å². The van der Waals surface area contributed by atoms with Crippen LogP contribution < -0.4 is 0 Å². The fourth-order valence-electron chi connectivity index (χ4n) is 5.23. The van der Waals surface area contributed by atoms with Gasteiger partial charge in [-0.15, -0.1) is 11.3 Å². The lowest BCUT2D eigenvalue weighted by Gasteiger charge is -2.39. The molecule has 2 aliphatic heterocycles. The lowest BCUT2D eigenvalue weighted by molar-refractivity contribution is -0.143. The summed E-state index contributed by atoms with van der Waals surface area (Å²) in [6.45, 7) is 8.20. The van der Waals surface area contributed by atoms with Crippen LogP contribution in [0.3, 0.4) is 0 Å². The minimum absolute atomic E-state index is 0.131. The molecule has 0 bridgehead atoms. The summed E-state index contributed by atoms with van der Waals surface area (Å²) in [6.07, 6.45) is 5.11.